The second kappa shape index (κ2) is 7.33. The number of benzene rings is 1. The summed E-state index contributed by atoms with van der Waals surface area (Å²) in [7, 11) is 0. The van der Waals surface area contributed by atoms with E-state index < -0.39 is 0 Å². The lowest BCUT2D eigenvalue weighted by Gasteiger charge is -2.10. The van der Waals surface area contributed by atoms with Gasteiger partial charge in [-0.3, -0.25) is 4.79 Å². The van der Waals surface area contributed by atoms with E-state index >= 15 is 0 Å². The van der Waals surface area contributed by atoms with Crippen molar-refractivity contribution in [3.8, 4) is 5.69 Å². The fourth-order valence-electron chi connectivity index (χ4n) is 3.36. The Morgan fingerprint density at radius 2 is 1.97 bits per heavy atom. The molecule has 1 unspecified atom stereocenters. The van der Waals surface area contributed by atoms with E-state index in [1.165, 1.54) is 11.8 Å². The highest BCUT2D eigenvalue weighted by molar-refractivity contribution is 7.99. The number of hydrogen-bond acceptors (Lipinski definition) is 7. The predicted octanol–water partition coefficient (Wildman–Crippen LogP) is 4.58. The molecular formula is C21H18N6OS2. The minimum atomic E-state index is -0.0945. The Balaban J connectivity index is 1.52. The Hall–Kier alpha value is -3.04. The van der Waals surface area contributed by atoms with E-state index in [2.05, 4.69) is 20.1 Å². The molecule has 4 heterocycles. The molecule has 0 saturated heterocycles. The lowest BCUT2D eigenvalue weighted by Crippen LogP contribution is -2.12. The molecule has 0 aliphatic heterocycles. The maximum Gasteiger partial charge on any atom is 0.259 e. The second-order valence-corrected chi connectivity index (χ2v) is 9.52. The number of thioether (sulfide) groups is 1. The standard InChI is InChI=1S/C21H18N6OS2/c1-11-12(2)29-21-16(11)19(28)25-17(26-21)13(3)30-20-15-9-24-27(18(15)22-10-23-20)14-7-5-4-6-8-14/h4-10,13H,1-3H3,(H,25,26,28). The first-order valence-corrected chi connectivity index (χ1v) is 11.1. The number of fused-ring (bicyclic) bond motifs is 2. The van der Waals surface area contributed by atoms with Crippen LogP contribution >= 0.6 is 23.1 Å². The minimum Gasteiger partial charge on any atom is -0.309 e. The summed E-state index contributed by atoms with van der Waals surface area (Å²) in [5.41, 5.74) is 2.60. The van der Waals surface area contributed by atoms with Crippen LogP contribution in [0.1, 0.15) is 28.4 Å². The minimum absolute atomic E-state index is 0.0889. The molecule has 0 spiro atoms. The van der Waals surface area contributed by atoms with Gasteiger partial charge in [0.25, 0.3) is 5.56 Å². The fourth-order valence-corrected chi connectivity index (χ4v) is 5.34. The van der Waals surface area contributed by atoms with Crippen molar-refractivity contribution in [3.05, 3.63) is 69.5 Å². The molecule has 4 aromatic heterocycles. The van der Waals surface area contributed by atoms with Gasteiger partial charge in [-0.05, 0) is 38.5 Å². The molecule has 7 nitrogen and oxygen atoms in total. The van der Waals surface area contributed by atoms with E-state index in [-0.39, 0.29) is 10.8 Å². The molecule has 0 bridgehead atoms. The highest BCUT2D eigenvalue weighted by Crippen LogP contribution is 2.36. The van der Waals surface area contributed by atoms with Crippen molar-refractivity contribution in [1.82, 2.24) is 29.7 Å². The fraction of sp³-hybridized carbons (Fsp3) is 0.190. The molecule has 5 rings (SSSR count). The molecule has 9 heteroatoms. The molecule has 150 valence electrons. The predicted molar refractivity (Wildman–Crippen MR) is 121 cm³/mol. The normalized spacial score (nSPS) is 12.6. The number of aromatic nitrogens is 6. The van der Waals surface area contributed by atoms with Crippen LogP contribution in [0, 0.1) is 13.8 Å². The van der Waals surface area contributed by atoms with Gasteiger partial charge in [0.15, 0.2) is 5.65 Å². The Labute approximate surface area is 180 Å². The van der Waals surface area contributed by atoms with Crippen molar-refractivity contribution in [2.45, 2.75) is 31.0 Å². The third-order valence-corrected chi connectivity index (χ3v) is 7.29. The van der Waals surface area contributed by atoms with E-state index in [0.717, 1.165) is 37.0 Å². The van der Waals surface area contributed by atoms with Crippen molar-refractivity contribution in [2.24, 2.45) is 0 Å². The molecule has 0 aliphatic rings. The van der Waals surface area contributed by atoms with Crippen molar-refractivity contribution in [3.63, 3.8) is 0 Å². The smallest absolute Gasteiger partial charge is 0.259 e. The highest BCUT2D eigenvalue weighted by atomic mass is 32.2. The van der Waals surface area contributed by atoms with Gasteiger partial charge in [0.1, 0.15) is 22.0 Å². The number of para-hydroxylation sites is 1. The Bertz CT molecular complexity index is 1440. The van der Waals surface area contributed by atoms with Gasteiger partial charge in [0.2, 0.25) is 0 Å². The first-order valence-electron chi connectivity index (χ1n) is 9.43. The number of nitrogens with one attached hydrogen (secondary N) is 1. The maximum absolute atomic E-state index is 12.6. The molecule has 0 saturated carbocycles. The summed E-state index contributed by atoms with van der Waals surface area (Å²) in [4.78, 5) is 31.1. The molecule has 0 amide bonds. The summed E-state index contributed by atoms with van der Waals surface area (Å²) >= 11 is 3.09. The topological polar surface area (TPSA) is 89.3 Å². The first-order chi connectivity index (χ1) is 14.5. The zero-order valence-corrected chi connectivity index (χ0v) is 18.2. The van der Waals surface area contributed by atoms with Crippen LogP contribution in [-0.2, 0) is 0 Å². The van der Waals surface area contributed by atoms with Gasteiger partial charge in [-0.1, -0.05) is 30.0 Å². The number of H-pyrrole nitrogens is 1. The molecule has 0 radical (unpaired) electrons. The van der Waals surface area contributed by atoms with Gasteiger partial charge in [0.05, 0.1) is 27.9 Å². The number of hydrogen-bond donors (Lipinski definition) is 1. The van der Waals surface area contributed by atoms with Gasteiger partial charge in [-0.25, -0.2) is 19.6 Å². The largest absolute Gasteiger partial charge is 0.309 e. The quantitative estimate of drug-likeness (QED) is 0.329. The van der Waals surface area contributed by atoms with Crippen LogP contribution in [0.25, 0.3) is 26.9 Å². The number of thiophene rings is 1. The van der Waals surface area contributed by atoms with Crippen molar-refractivity contribution < 1.29 is 0 Å². The van der Waals surface area contributed by atoms with E-state index in [9.17, 15) is 4.79 Å². The second-order valence-electron chi connectivity index (χ2n) is 6.98. The Kier molecular flexibility index (Phi) is 4.63. The van der Waals surface area contributed by atoms with Gasteiger partial charge in [-0.15, -0.1) is 11.3 Å². The average molecular weight is 435 g/mol. The number of rotatable bonds is 4. The third kappa shape index (κ3) is 3.10. The number of nitrogens with zero attached hydrogens (tertiary/aromatic N) is 5. The van der Waals surface area contributed by atoms with Crippen LogP contribution in [0.4, 0.5) is 0 Å². The SMILES string of the molecule is Cc1sc2nc(C(C)Sc3ncnc4c3cnn4-c3ccccc3)[nH]c(=O)c2c1C. The average Bonchev–Trinajstić information content (AvgIpc) is 3.30. The summed E-state index contributed by atoms with van der Waals surface area (Å²) in [5.74, 6) is 0.640. The van der Waals surface area contributed by atoms with Crippen LogP contribution in [0.3, 0.4) is 0 Å². The maximum atomic E-state index is 12.6. The van der Waals surface area contributed by atoms with E-state index in [1.807, 2.05) is 51.1 Å². The third-order valence-electron chi connectivity index (χ3n) is 5.06. The molecule has 1 aromatic carbocycles. The van der Waals surface area contributed by atoms with Crippen molar-refractivity contribution in [1.29, 1.82) is 0 Å². The molecule has 5 aromatic rings. The molecule has 1 N–H and O–H groups in total. The Morgan fingerprint density at radius 1 is 1.17 bits per heavy atom. The van der Waals surface area contributed by atoms with E-state index in [4.69, 9.17) is 4.98 Å². The molecule has 30 heavy (non-hydrogen) atoms. The van der Waals surface area contributed by atoms with Crippen LogP contribution < -0.4 is 5.56 Å². The number of aromatic amines is 1. The molecular weight excluding hydrogens is 416 g/mol. The zero-order chi connectivity index (χ0) is 20.8. The van der Waals surface area contributed by atoms with Gasteiger partial charge < -0.3 is 4.98 Å². The molecule has 0 fully saturated rings. The van der Waals surface area contributed by atoms with Gasteiger partial charge in [0, 0.05) is 4.88 Å². The van der Waals surface area contributed by atoms with Crippen LogP contribution in [-0.4, -0.2) is 29.7 Å². The van der Waals surface area contributed by atoms with Crippen molar-refractivity contribution in [2.75, 3.05) is 0 Å². The van der Waals surface area contributed by atoms with E-state index in [0.29, 0.717) is 11.2 Å². The first kappa shape index (κ1) is 19.0. The summed E-state index contributed by atoms with van der Waals surface area (Å²) in [5, 5.41) is 6.76. The lowest BCUT2D eigenvalue weighted by atomic mass is 10.2. The van der Waals surface area contributed by atoms with Crippen LogP contribution in [0.2, 0.25) is 0 Å². The lowest BCUT2D eigenvalue weighted by molar-refractivity contribution is 0.892. The summed E-state index contributed by atoms with van der Waals surface area (Å²) < 4.78 is 1.80. The van der Waals surface area contributed by atoms with Crippen LogP contribution in [0.15, 0.2) is 52.7 Å². The van der Waals surface area contributed by atoms with Crippen LogP contribution in [0.5, 0.6) is 0 Å². The van der Waals surface area contributed by atoms with Gasteiger partial charge >= 0.3 is 0 Å². The zero-order valence-electron chi connectivity index (χ0n) is 16.6. The Morgan fingerprint density at radius 3 is 2.77 bits per heavy atom. The van der Waals surface area contributed by atoms with Gasteiger partial charge in [-0.2, -0.15) is 5.10 Å². The monoisotopic (exact) mass is 434 g/mol. The van der Waals surface area contributed by atoms with E-state index in [1.54, 1.807) is 28.5 Å². The summed E-state index contributed by atoms with van der Waals surface area (Å²) in [6.45, 7) is 5.99. The molecule has 1 atom stereocenters. The number of aryl methyl sites for hydroxylation is 2. The highest BCUT2D eigenvalue weighted by Gasteiger charge is 2.19. The summed E-state index contributed by atoms with van der Waals surface area (Å²) in [6, 6.07) is 9.87. The summed E-state index contributed by atoms with van der Waals surface area (Å²) in [6.07, 6.45) is 3.33. The van der Waals surface area contributed by atoms with Crippen molar-refractivity contribution >= 4 is 44.3 Å². The molecule has 0 aliphatic carbocycles.